The first-order valence-electron chi connectivity index (χ1n) is 7.95. The summed E-state index contributed by atoms with van der Waals surface area (Å²) in [6.45, 7) is 3.94. The summed E-state index contributed by atoms with van der Waals surface area (Å²) in [6.07, 6.45) is 5.37. The highest BCUT2D eigenvalue weighted by Gasteiger charge is 2.09. The molecule has 0 bridgehead atoms. The lowest BCUT2D eigenvalue weighted by molar-refractivity contribution is 0.683. The Hall–Kier alpha value is -2.70. The summed E-state index contributed by atoms with van der Waals surface area (Å²) in [5.41, 5.74) is 0.865. The molecule has 0 amide bonds. The minimum Gasteiger partial charge on any atom is -0.307 e. The monoisotopic (exact) mass is 330 g/mol. The Bertz CT molecular complexity index is 948. The summed E-state index contributed by atoms with van der Waals surface area (Å²) < 4.78 is 2.41. The van der Waals surface area contributed by atoms with E-state index in [1.165, 1.54) is 23.9 Å². The van der Waals surface area contributed by atoms with Crippen LogP contribution in [-0.4, -0.2) is 19.1 Å². The summed E-state index contributed by atoms with van der Waals surface area (Å²) in [4.78, 5) is 43.1. The quantitative estimate of drug-likeness (QED) is 0.888. The molecule has 0 aliphatic heterocycles. The Morgan fingerprint density at radius 2 is 1.96 bits per heavy atom. The first-order chi connectivity index (χ1) is 11.4. The van der Waals surface area contributed by atoms with Crippen molar-refractivity contribution >= 4 is 11.6 Å². The van der Waals surface area contributed by atoms with Crippen molar-refractivity contribution < 1.29 is 0 Å². The summed E-state index contributed by atoms with van der Waals surface area (Å²) in [7, 11) is 3.03. The van der Waals surface area contributed by atoms with Crippen LogP contribution in [0, 0.1) is 0 Å². The van der Waals surface area contributed by atoms with Crippen LogP contribution in [0.4, 0.5) is 0 Å². The average molecular weight is 330 g/mol. The van der Waals surface area contributed by atoms with Crippen LogP contribution in [-0.2, 0) is 20.5 Å². The number of rotatable bonds is 5. The third-order valence-corrected chi connectivity index (χ3v) is 3.79. The molecule has 1 N–H and O–H groups in total. The van der Waals surface area contributed by atoms with Gasteiger partial charge < -0.3 is 9.55 Å². The molecular weight excluding hydrogens is 308 g/mol. The van der Waals surface area contributed by atoms with Crippen LogP contribution in [0.3, 0.4) is 0 Å². The number of nitrogens with zero attached hydrogens (tertiary/aromatic N) is 3. The highest BCUT2D eigenvalue weighted by Crippen LogP contribution is 2.16. The van der Waals surface area contributed by atoms with Gasteiger partial charge in [0.1, 0.15) is 5.82 Å². The van der Waals surface area contributed by atoms with Gasteiger partial charge in [0.25, 0.3) is 11.1 Å². The summed E-state index contributed by atoms with van der Waals surface area (Å²) in [6, 6.07) is 1.49. The Kier molecular flexibility index (Phi) is 5.33. The Balaban J connectivity index is 2.61. The van der Waals surface area contributed by atoms with E-state index in [0.717, 1.165) is 28.7 Å². The van der Waals surface area contributed by atoms with Gasteiger partial charge in [-0.1, -0.05) is 20.3 Å². The molecule has 2 aromatic rings. The summed E-state index contributed by atoms with van der Waals surface area (Å²) in [5, 5.41) is 0. The zero-order valence-corrected chi connectivity index (χ0v) is 14.4. The van der Waals surface area contributed by atoms with Crippen molar-refractivity contribution in [3.05, 3.63) is 60.5 Å². The second-order valence-corrected chi connectivity index (χ2v) is 5.70. The van der Waals surface area contributed by atoms with E-state index in [9.17, 15) is 14.4 Å². The molecule has 24 heavy (non-hydrogen) atoms. The van der Waals surface area contributed by atoms with Crippen molar-refractivity contribution in [1.82, 2.24) is 19.1 Å². The molecule has 2 heterocycles. The molecule has 2 rings (SSSR count). The van der Waals surface area contributed by atoms with E-state index in [2.05, 4.69) is 9.97 Å². The average Bonchev–Trinajstić information content (AvgIpc) is 2.54. The molecule has 0 saturated carbocycles. The van der Waals surface area contributed by atoms with Crippen LogP contribution < -0.4 is 16.8 Å². The van der Waals surface area contributed by atoms with Crippen molar-refractivity contribution in [2.75, 3.05) is 0 Å². The smallest absolute Gasteiger partial charge is 0.307 e. The summed E-state index contributed by atoms with van der Waals surface area (Å²) in [5.74, 6) is 0.462. The predicted molar refractivity (Wildman–Crippen MR) is 93.9 cm³/mol. The Labute approximate surface area is 139 Å². The van der Waals surface area contributed by atoms with E-state index in [-0.39, 0.29) is 16.8 Å². The normalized spacial score (nSPS) is 11.8. The van der Waals surface area contributed by atoms with Gasteiger partial charge in [0.05, 0.1) is 5.56 Å². The van der Waals surface area contributed by atoms with Crippen LogP contribution in [0.5, 0.6) is 0 Å². The Morgan fingerprint density at radius 3 is 2.58 bits per heavy atom. The fourth-order valence-electron chi connectivity index (χ4n) is 2.50. The van der Waals surface area contributed by atoms with Gasteiger partial charge in [-0.15, -0.1) is 0 Å². The number of hydrogen-bond donors (Lipinski definition) is 1. The second-order valence-electron chi connectivity index (χ2n) is 5.70. The fraction of sp³-hybridized carbons (Fsp3) is 0.412. The van der Waals surface area contributed by atoms with Crippen LogP contribution in [0.1, 0.15) is 43.8 Å². The maximum Gasteiger partial charge on any atom is 0.330 e. The third-order valence-electron chi connectivity index (χ3n) is 3.79. The van der Waals surface area contributed by atoms with Crippen LogP contribution in [0.15, 0.2) is 26.6 Å². The first-order valence-corrected chi connectivity index (χ1v) is 7.95. The van der Waals surface area contributed by atoms with Gasteiger partial charge in [-0.25, -0.2) is 9.78 Å². The number of nitrogens with one attached hydrogen (secondary N) is 1. The molecule has 0 unspecified atom stereocenters. The molecule has 0 saturated heterocycles. The van der Waals surface area contributed by atoms with E-state index < -0.39 is 0 Å². The van der Waals surface area contributed by atoms with Gasteiger partial charge in [0, 0.05) is 32.1 Å². The minimum absolute atomic E-state index is 0.212. The number of hydrogen-bond acceptors (Lipinski definition) is 4. The number of H-pyrrole nitrogens is 1. The van der Waals surface area contributed by atoms with Crippen molar-refractivity contribution in [3.63, 3.8) is 0 Å². The van der Waals surface area contributed by atoms with Gasteiger partial charge >= 0.3 is 5.69 Å². The highest BCUT2D eigenvalue weighted by molar-refractivity contribution is 5.77. The van der Waals surface area contributed by atoms with E-state index in [0.29, 0.717) is 17.8 Å². The van der Waals surface area contributed by atoms with Gasteiger partial charge in [0.2, 0.25) is 0 Å². The van der Waals surface area contributed by atoms with Crippen molar-refractivity contribution in [1.29, 1.82) is 0 Å². The molecule has 0 atom stereocenters. The maximum absolute atomic E-state index is 12.3. The standard InChI is InChI=1S/C17H22N4O3/c1-5-7-13-9-14(22)19-15(18-13)11(6-2)8-12-10-20(3)17(24)21(4)16(12)23/h8-10H,5-7H2,1-4H3,(H,18,19,22)/b11-8-. The fourth-order valence-corrected chi connectivity index (χ4v) is 2.50. The van der Waals surface area contributed by atoms with Crippen molar-refractivity contribution in [2.45, 2.75) is 33.1 Å². The number of aromatic amines is 1. The SMILES string of the molecule is CCCc1cc(=O)[nH]c(/C(=C\c2cn(C)c(=O)n(C)c2=O)CC)n1. The highest BCUT2D eigenvalue weighted by atomic mass is 16.2. The van der Waals surface area contributed by atoms with Crippen LogP contribution in [0.25, 0.3) is 11.6 Å². The van der Waals surface area contributed by atoms with E-state index in [1.54, 1.807) is 13.1 Å². The molecule has 2 aromatic heterocycles. The minimum atomic E-state index is -0.383. The second kappa shape index (κ2) is 7.25. The molecule has 128 valence electrons. The lowest BCUT2D eigenvalue weighted by Gasteiger charge is -2.08. The molecule has 0 aliphatic rings. The van der Waals surface area contributed by atoms with Gasteiger partial charge in [0.15, 0.2) is 0 Å². The molecule has 0 aliphatic carbocycles. The molecule has 0 radical (unpaired) electrons. The topological polar surface area (TPSA) is 89.8 Å². The van der Waals surface area contributed by atoms with Gasteiger partial charge in [-0.05, 0) is 24.5 Å². The number of aryl methyl sites for hydroxylation is 2. The zero-order valence-electron chi connectivity index (χ0n) is 14.4. The number of aromatic nitrogens is 4. The third kappa shape index (κ3) is 3.61. The molecule has 7 nitrogen and oxygen atoms in total. The van der Waals surface area contributed by atoms with Crippen LogP contribution in [0.2, 0.25) is 0 Å². The van der Waals surface area contributed by atoms with Gasteiger partial charge in [-0.2, -0.15) is 0 Å². The Morgan fingerprint density at radius 1 is 1.25 bits per heavy atom. The largest absolute Gasteiger partial charge is 0.330 e. The molecular formula is C17H22N4O3. The number of allylic oxidation sites excluding steroid dienone is 1. The lowest BCUT2D eigenvalue weighted by Crippen LogP contribution is -2.37. The molecule has 7 heteroatoms. The molecule has 0 fully saturated rings. The molecule has 0 spiro atoms. The van der Waals surface area contributed by atoms with E-state index >= 15 is 0 Å². The van der Waals surface area contributed by atoms with E-state index in [1.807, 2.05) is 13.8 Å². The first kappa shape index (κ1) is 17.7. The lowest BCUT2D eigenvalue weighted by atomic mass is 10.1. The zero-order chi connectivity index (χ0) is 17.9. The van der Waals surface area contributed by atoms with Gasteiger partial charge in [-0.3, -0.25) is 14.2 Å². The summed E-state index contributed by atoms with van der Waals surface area (Å²) >= 11 is 0. The van der Waals surface area contributed by atoms with Crippen molar-refractivity contribution in [2.24, 2.45) is 14.1 Å². The van der Waals surface area contributed by atoms with Crippen LogP contribution >= 0.6 is 0 Å². The molecule has 0 aromatic carbocycles. The maximum atomic E-state index is 12.3. The van der Waals surface area contributed by atoms with Crippen molar-refractivity contribution in [3.8, 4) is 0 Å². The predicted octanol–water partition coefficient (Wildman–Crippen LogP) is 1.07. The van der Waals surface area contributed by atoms with E-state index in [4.69, 9.17) is 0 Å².